The minimum Gasteiger partial charge on any atom is -0.324 e. The normalized spacial score (nSPS) is 11.5. The Morgan fingerprint density at radius 1 is 0.935 bits per heavy atom. The highest BCUT2D eigenvalue weighted by atomic mass is 35.5. The molecule has 31 heavy (non-hydrogen) atoms. The molecule has 3 rings (SSSR count). The zero-order valence-electron chi connectivity index (χ0n) is 16.5. The number of aryl methyl sites for hydroxylation is 1. The van der Waals surface area contributed by atoms with Gasteiger partial charge in [0.15, 0.2) is 0 Å². The van der Waals surface area contributed by atoms with Crippen molar-refractivity contribution in [3.05, 3.63) is 92.9 Å². The molecule has 0 bridgehead atoms. The molecule has 0 saturated heterocycles. The first kappa shape index (κ1) is 23.6. The topological polar surface area (TPSA) is 66.5 Å². The molecule has 0 aromatic heterocycles. The van der Waals surface area contributed by atoms with Crippen LogP contribution < -0.4 is 5.32 Å². The molecule has 0 unspecified atom stereocenters. The van der Waals surface area contributed by atoms with Gasteiger partial charge in [-0.25, -0.2) is 8.42 Å². The van der Waals surface area contributed by atoms with Crippen molar-refractivity contribution in [2.24, 2.45) is 0 Å². The van der Waals surface area contributed by atoms with Gasteiger partial charge in [0.25, 0.3) is 0 Å². The summed E-state index contributed by atoms with van der Waals surface area (Å²) in [5.74, 6) is -0.532. The number of nitrogens with zero attached hydrogens (tertiary/aromatic N) is 1. The number of sulfonamides is 1. The van der Waals surface area contributed by atoms with Gasteiger partial charge in [-0.1, -0.05) is 59.1 Å². The zero-order chi connectivity index (χ0) is 22.6. The van der Waals surface area contributed by atoms with Crippen LogP contribution in [0.4, 0.5) is 5.69 Å². The highest BCUT2D eigenvalue weighted by molar-refractivity contribution is 7.89. The van der Waals surface area contributed by atoms with Crippen LogP contribution in [0.2, 0.25) is 15.1 Å². The molecule has 9 heteroatoms. The molecule has 0 aliphatic heterocycles. The molecule has 0 aliphatic carbocycles. The van der Waals surface area contributed by atoms with Gasteiger partial charge in [-0.05, 0) is 60.5 Å². The number of rotatable bonds is 7. The number of nitrogens with one attached hydrogen (secondary N) is 1. The van der Waals surface area contributed by atoms with E-state index in [4.69, 9.17) is 34.8 Å². The fourth-order valence-corrected chi connectivity index (χ4v) is 4.86. The second kappa shape index (κ2) is 10.0. The average Bonchev–Trinajstić information content (AvgIpc) is 2.71. The van der Waals surface area contributed by atoms with E-state index in [-0.39, 0.29) is 16.5 Å². The van der Waals surface area contributed by atoms with Crippen molar-refractivity contribution in [1.82, 2.24) is 4.31 Å². The lowest BCUT2D eigenvalue weighted by Crippen LogP contribution is -2.37. The van der Waals surface area contributed by atoms with Gasteiger partial charge in [-0.3, -0.25) is 4.79 Å². The van der Waals surface area contributed by atoms with Crippen LogP contribution in [0.1, 0.15) is 11.1 Å². The molecule has 162 valence electrons. The molecule has 0 heterocycles. The third-order valence-electron chi connectivity index (χ3n) is 4.58. The molecule has 5 nitrogen and oxygen atoms in total. The zero-order valence-corrected chi connectivity index (χ0v) is 19.6. The van der Waals surface area contributed by atoms with Crippen LogP contribution >= 0.6 is 34.8 Å². The van der Waals surface area contributed by atoms with E-state index in [1.54, 1.807) is 12.1 Å². The van der Waals surface area contributed by atoms with E-state index < -0.39 is 22.5 Å². The summed E-state index contributed by atoms with van der Waals surface area (Å²) < 4.78 is 27.8. The predicted octanol–water partition coefficient (Wildman–Crippen LogP) is 5.78. The number of hydrogen-bond acceptors (Lipinski definition) is 3. The Bertz CT molecular complexity index is 1200. The quantitative estimate of drug-likeness (QED) is 0.449. The molecular formula is C22H19Cl3N2O3S. The van der Waals surface area contributed by atoms with Gasteiger partial charge in [-0.2, -0.15) is 4.31 Å². The number of amides is 1. The number of benzene rings is 3. The first-order chi connectivity index (χ1) is 14.7. The SMILES string of the molecule is Cc1ccccc1CN(CC(=O)Nc1ccc(Cl)cc1Cl)S(=O)(=O)c1ccc(Cl)cc1. The lowest BCUT2D eigenvalue weighted by molar-refractivity contribution is -0.116. The van der Waals surface area contributed by atoms with E-state index in [1.165, 1.54) is 30.3 Å². The van der Waals surface area contributed by atoms with Crippen LogP contribution in [0.3, 0.4) is 0 Å². The number of hydrogen-bond donors (Lipinski definition) is 1. The van der Waals surface area contributed by atoms with Crippen molar-refractivity contribution < 1.29 is 13.2 Å². The van der Waals surface area contributed by atoms with Crippen molar-refractivity contribution in [2.45, 2.75) is 18.4 Å². The average molecular weight is 498 g/mol. The Labute approximate surface area is 196 Å². The Morgan fingerprint density at radius 3 is 2.23 bits per heavy atom. The van der Waals surface area contributed by atoms with Gasteiger partial charge in [0.05, 0.1) is 22.2 Å². The van der Waals surface area contributed by atoms with E-state index in [1.807, 2.05) is 31.2 Å². The molecule has 0 aliphatic rings. The van der Waals surface area contributed by atoms with Crippen molar-refractivity contribution >= 4 is 56.4 Å². The number of carbonyl (C=O) groups is 1. The monoisotopic (exact) mass is 496 g/mol. The number of carbonyl (C=O) groups excluding carboxylic acids is 1. The number of anilines is 1. The molecule has 0 atom stereocenters. The minimum absolute atomic E-state index is 0.0272. The fourth-order valence-electron chi connectivity index (χ4n) is 2.90. The van der Waals surface area contributed by atoms with Gasteiger partial charge in [0, 0.05) is 16.6 Å². The van der Waals surface area contributed by atoms with E-state index in [0.29, 0.717) is 15.7 Å². The smallest absolute Gasteiger partial charge is 0.243 e. The molecule has 3 aromatic carbocycles. The third kappa shape index (κ3) is 5.99. The summed E-state index contributed by atoms with van der Waals surface area (Å²) in [6.07, 6.45) is 0. The van der Waals surface area contributed by atoms with Gasteiger partial charge in [0.1, 0.15) is 0 Å². The molecule has 1 N–H and O–H groups in total. The summed E-state index contributed by atoms with van der Waals surface area (Å²) in [5.41, 5.74) is 2.05. The first-order valence-corrected chi connectivity index (χ1v) is 11.8. The first-order valence-electron chi connectivity index (χ1n) is 9.22. The molecule has 0 saturated carbocycles. The van der Waals surface area contributed by atoms with Gasteiger partial charge in [-0.15, -0.1) is 0 Å². The van der Waals surface area contributed by atoms with E-state index in [2.05, 4.69) is 5.32 Å². The summed E-state index contributed by atoms with van der Waals surface area (Å²) in [7, 11) is -3.98. The lowest BCUT2D eigenvalue weighted by Gasteiger charge is -2.23. The Morgan fingerprint density at radius 2 is 1.58 bits per heavy atom. The predicted molar refractivity (Wildman–Crippen MR) is 125 cm³/mol. The second-order valence-corrected chi connectivity index (χ2v) is 10.0. The molecule has 0 fully saturated rings. The van der Waals surface area contributed by atoms with Crippen LogP contribution in [0, 0.1) is 6.92 Å². The fraction of sp³-hybridized carbons (Fsp3) is 0.136. The van der Waals surface area contributed by atoms with Crippen LogP contribution in [-0.2, 0) is 21.4 Å². The van der Waals surface area contributed by atoms with E-state index in [0.717, 1.165) is 15.4 Å². The van der Waals surface area contributed by atoms with Gasteiger partial charge >= 0.3 is 0 Å². The van der Waals surface area contributed by atoms with Crippen LogP contribution in [-0.4, -0.2) is 25.2 Å². The molecule has 0 spiro atoms. The maximum Gasteiger partial charge on any atom is 0.243 e. The lowest BCUT2D eigenvalue weighted by atomic mass is 10.1. The standard InChI is InChI=1S/C22H19Cl3N2O3S/c1-15-4-2-3-5-16(15)13-27(31(29,30)19-9-6-17(23)7-10-19)14-22(28)26-21-11-8-18(24)12-20(21)25/h2-12H,13-14H2,1H3,(H,26,28). The highest BCUT2D eigenvalue weighted by Gasteiger charge is 2.27. The summed E-state index contributed by atoms with van der Waals surface area (Å²) in [6.45, 7) is 1.51. The van der Waals surface area contributed by atoms with Gasteiger partial charge < -0.3 is 5.32 Å². The van der Waals surface area contributed by atoms with E-state index in [9.17, 15) is 13.2 Å². The van der Waals surface area contributed by atoms with Crippen molar-refractivity contribution in [3.8, 4) is 0 Å². The molecule has 0 radical (unpaired) electrons. The maximum atomic E-state index is 13.3. The third-order valence-corrected chi connectivity index (χ3v) is 7.19. The minimum atomic E-state index is -3.98. The molecule has 1 amide bonds. The Balaban J connectivity index is 1.90. The summed E-state index contributed by atoms with van der Waals surface area (Å²) in [4.78, 5) is 12.8. The van der Waals surface area contributed by atoms with Crippen LogP contribution in [0.25, 0.3) is 0 Å². The van der Waals surface area contributed by atoms with Crippen molar-refractivity contribution in [1.29, 1.82) is 0 Å². The van der Waals surface area contributed by atoms with Gasteiger partial charge in [0.2, 0.25) is 15.9 Å². The summed E-state index contributed by atoms with van der Waals surface area (Å²) in [5, 5.41) is 3.74. The van der Waals surface area contributed by atoms with Crippen LogP contribution in [0.15, 0.2) is 71.6 Å². The molecule has 3 aromatic rings. The largest absolute Gasteiger partial charge is 0.324 e. The van der Waals surface area contributed by atoms with Crippen LogP contribution in [0.5, 0.6) is 0 Å². The second-order valence-electron chi connectivity index (χ2n) is 6.83. The summed E-state index contributed by atoms with van der Waals surface area (Å²) in [6, 6.07) is 17.8. The Kier molecular flexibility index (Phi) is 7.62. The summed E-state index contributed by atoms with van der Waals surface area (Å²) >= 11 is 17.9. The van der Waals surface area contributed by atoms with Crippen molar-refractivity contribution in [3.63, 3.8) is 0 Å². The Hall–Kier alpha value is -2.09. The van der Waals surface area contributed by atoms with E-state index >= 15 is 0 Å². The number of halogens is 3. The van der Waals surface area contributed by atoms with Crippen molar-refractivity contribution in [2.75, 3.05) is 11.9 Å². The maximum absolute atomic E-state index is 13.3. The highest BCUT2D eigenvalue weighted by Crippen LogP contribution is 2.26. The molecular weight excluding hydrogens is 479 g/mol.